The van der Waals surface area contributed by atoms with Gasteiger partial charge in [-0.25, -0.2) is 0 Å². The lowest BCUT2D eigenvalue weighted by Crippen LogP contribution is -2.56. The fourth-order valence-corrected chi connectivity index (χ4v) is 3.18. The summed E-state index contributed by atoms with van der Waals surface area (Å²) in [4.78, 5) is 13.8. The Morgan fingerprint density at radius 3 is 2.85 bits per heavy atom. The molecule has 0 radical (unpaired) electrons. The van der Waals surface area contributed by atoms with Crippen molar-refractivity contribution in [2.45, 2.75) is 26.1 Å². The van der Waals surface area contributed by atoms with Crippen LogP contribution in [-0.2, 0) is 0 Å². The quantitative estimate of drug-likeness (QED) is 0.690. The molecule has 7 heteroatoms. The molecule has 106 valence electrons. The Kier molecular flexibility index (Phi) is 3.23. The Labute approximate surface area is 120 Å². The van der Waals surface area contributed by atoms with E-state index in [1.807, 2.05) is 26.0 Å². The molecule has 0 saturated carbocycles. The summed E-state index contributed by atoms with van der Waals surface area (Å²) < 4.78 is 0. The molecule has 1 aliphatic rings. The second-order valence-corrected chi connectivity index (χ2v) is 6.29. The first kappa shape index (κ1) is 13.1. The first-order valence-corrected chi connectivity index (χ1v) is 7.34. The normalized spacial score (nSPS) is 19.4. The van der Waals surface area contributed by atoms with Crippen LogP contribution in [0.25, 0.3) is 10.6 Å². The van der Waals surface area contributed by atoms with E-state index in [0.717, 1.165) is 16.3 Å². The molecule has 0 bridgehead atoms. The van der Waals surface area contributed by atoms with Gasteiger partial charge in [-0.15, -0.1) is 11.3 Å². The largest absolute Gasteiger partial charge is 0.363 e. The van der Waals surface area contributed by atoms with Crippen LogP contribution < -0.4 is 16.4 Å². The number of nitrogens with one attached hydrogen (secondary N) is 3. The van der Waals surface area contributed by atoms with Crippen LogP contribution in [0.1, 0.15) is 23.5 Å². The minimum absolute atomic E-state index is 0.0735. The van der Waals surface area contributed by atoms with Crippen LogP contribution in [0.5, 0.6) is 0 Å². The second-order valence-electron chi connectivity index (χ2n) is 5.24. The maximum Gasteiger partial charge on any atom is 0.265 e. The molecule has 0 aliphatic carbocycles. The molecule has 1 amide bonds. The van der Waals surface area contributed by atoms with Crippen molar-refractivity contribution in [1.29, 1.82) is 0 Å². The minimum Gasteiger partial charge on any atom is -0.363 e. The number of thiophene rings is 1. The molecule has 1 aliphatic heterocycles. The summed E-state index contributed by atoms with van der Waals surface area (Å²) in [6.07, 6.45) is 1.46. The zero-order valence-electron chi connectivity index (χ0n) is 11.3. The third-order valence-corrected chi connectivity index (χ3v) is 4.62. The van der Waals surface area contributed by atoms with E-state index in [1.165, 1.54) is 11.3 Å². The van der Waals surface area contributed by atoms with Gasteiger partial charge in [0.1, 0.15) is 11.0 Å². The lowest BCUT2D eigenvalue weighted by molar-refractivity contribution is 0.0930. The summed E-state index contributed by atoms with van der Waals surface area (Å²) in [5, 5.41) is 13.1. The molecular weight excluding hydrogens is 274 g/mol. The fourth-order valence-electron chi connectivity index (χ4n) is 2.18. The third kappa shape index (κ3) is 2.19. The monoisotopic (exact) mass is 291 g/mol. The number of H-pyrrole nitrogens is 1. The summed E-state index contributed by atoms with van der Waals surface area (Å²) in [5.74, 6) is 0.204. The Bertz CT molecular complexity index is 619. The van der Waals surface area contributed by atoms with Crippen LogP contribution in [0.4, 0.5) is 5.69 Å². The van der Waals surface area contributed by atoms with Gasteiger partial charge in [0, 0.05) is 12.2 Å². The first-order chi connectivity index (χ1) is 9.56. The highest BCUT2D eigenvalue weighted by Gasteiger charge is 2.31. The zero-order chi connectivity index (χ0) is 14.3. The maximum absolute atomic E-state index is 12.2. The van der Waals surface area contributed by atoms with Crippen molar-refractivity contribution in [1.82, 2.24) is 15.5 Å². The average molecular weight is 291 g/mol. The SMILES string of the molecule is CC(C)[C@H](N)C1NC(=O)c2sc(-c3ccn[nH]3)cc2N1. The number of amides is 1. The highest BCUT2D eigenvalue weighted by atomic mass is 32.1. The molecule has 3 rings (SSSR count). The number of fused-ring (bicyclic) bond motifs is 1. The molecule has 6 nitrogen and oxygen atoms in total. The van der Waals surface area contributed by atoms with Gasteiger partial charge in [0.25, 0.3) is 5.91 Å². The summed E-state index contributed by atoms with van der Waals surface area (Å²) in [7, 11) is 0. The molecule has 20 heavy (non-hydrogen) atoms. The molecule has 0 saturated heterocycles. The number of aromatic nitrogens is 2. The molecule has 5 N–H and O–H groups in total. The Morgan fingerprint density at radius 2 is 2.20 bits per heavy atom. The molecule has 3 heterocycles. The second kappa shape index (κ2) is 4.92. The zero-order valence-corrected chi connectivity index (χ0v) is 12.1. The number of carbonyl (C=O) groups excluding carboxylic acids is 1. The van der Waals surface area contributed by atoms with Crippen LogP contribution >= 0.6 is 11.3 Å². The number of hydrogen-bond acceptors (Lipinski definition) is 5. The van der Waals surface area contributed by atoms with Crippen LogP contribution in [-0.4, -0.2) is 28.3 Å². The van der Waals surface area contributed by atoms with Gasteiger partial charge in [0.05, 0.1) is 16.3 Å². The van der Waals surface area contributed by atoms with Gasteiger partial charge in [-0.3, -0.25) is 9.89 Å². The molecular formula is C13H17N5OS. The van der Waals surface area contributed by atoms with Crippen LogP contribution in [0.3, 0.4) is 0 Å². The van der Waals surface area contributed by atoms with Gasteiger partial charge < -0.3 is 16.4 Å². The van der Waals surface area contributed by atoms with Crippen molar-refractivity contribution in [3.05, 3.63) is 23.2 Å². The molecule has 2 aromatic heterocycles. The molecule has 1 unspecified atom stereocenters. The van der Waals surface area contributed by atoms with Gasteiger partial charge >= 0.3 is 0 Å². The van der Waals surface area contributed by atoms with Crippen molar-refractivity contribution in [2.24, 2.45) is 11.7 Å². The van der Waals surface area contributed by atoms with Gasteiger partial charge in [0.2, 0.25) is 0 Å². The van der Waals surface area contributed by atoms with Crippen molar-refractivity contribution in [3.8, 4) is 10.6 Å². The fraction of sp³-hybridized carbons (Fsp3) is 0.385. The molecule has 0 spiro atoms. The van der Waals surface area contributed by atoms with E-state index >= 15 is 0 Å². The number of nitrogens with two attached hydrogens (primary N) is 1. The average Bonchev–Trinajstić information content (AvgIpc) is 3.05. The smallest absolute Gasteiger partial charge is 0.265 e. The topological polar surface area (TPSA) is 95.8 Å². The standard InChI is InChI=1S/C13H17N5OS/c1-6(2)10(14)12-16-8-5-9(7-3-4-15-18-7)20-11(8)13(19)17-12/h3-6,10,12,16H,14H2,1-2H3,(H,15,18)(H,17,19)/t10-,12?/m0/s1. The van der Waals surface area contributed by atoms with Crippen molar-refractivity contribution < 1.29 is 4.79 Å². The summed E-state index contributed by atoms with van der Waals surface area (Å²) in [6.45, 7) is 4.08. The molecule has 0 fully saturated rings. The van der Waals surface area contributed by atoms with E-state index < -0.39 is 0 Å². The highest BCUT2D eigenvalue weighted by molar-refractivity contribution is 7.18. The van der Waals surface area contributed by atoms with Crippen LogP contribution in [0, 0.1) is 5.92 Å². The predicted octanol–water partition coefficient (Wildman–Crippen LogP) is 1.60. The lowest BCUT2D eigenvalue weighted by Gasteiger charge is -2.32. The van der Waals surface area contributed by atoms with E-state index in [9.17, 15) is 4.79 Å². The molecule has 0 aromatic carbocycles. The van der Waals surface area contributed by atoms with Crippen LogP contribution in [0.15, 0.2) is 18.3 Å². The summed E-state index contributed by atoms with van der Waals surface area (Å²) >= 11 is 1.44. The van der Waals surface area contributed by atoms with Crippen LogP contribution in [0.2, 0.25) is 0 Å². The van der Waals surface area contributed by atoms with Crippen molar-refractivity contribution in [3.63, 3.8) is 0 Å². The minimum atomic E-state index is -0.237. The van der Waals surface area contributed by atoms with Crippen molar-refractivity contribution >= 4 is 22.9 Å². The number of aromatic amines is 1. The molecule has 2 atom stereocenters. The van der Waals surface area contributed by atoms with Gasteiger partial charge in [-0.05, 0) is 18.1 Å². The Balaban J connectivity index is 1.91. The predicted molar refractivity (Wildman–Crippen MR) is 79.6 cm³/mol. The third-order valence-electron chi connectivity index (χ3n) is 3.46. The van der Waals surface area contributed by atoms with E-state index in [4.69, 9.17) is 5.73 Å². The molecule has 2 aromatic rings. The first-order valence-electron chi connectivity index (χ1n) is 6.53. The van der Waals surface area contributed by atoms with E-state index in [2.05, 4.69) is 20.8 Å². The van der Waals surface area contributed by atoms with Gasteiger partial charge in [-0.2, -0.15) is 5.10 Å². The summed E-state index contributed by atoms with van der Waals surface area (Å²) in [6, 6.07) is 3.71. The number of nitrogens with zero attached hydrogens (tertiary/aromatic N) is 1. The van der Waals surface area contributed by atoms with Gasteiger partial charge in [-0.1, -0.05) is 13.8 Å². The Morgan fingerprint density at radius 1 is 1.40 bits per heavy atom. The number of anilines is 1. The van der Waals surface area contributed by atoms with Gasteiger partial charge in [0.15, 0.2) is 0 Å². The number of rotatable bonds is 3. The maximum atomic E-state index is 12.2. The summed E-state index contributed by atoms with van der Waals surface area (Å²) in [5.41, 5.74) is 7.87. The van der Waals surface area contributed by atoms with Crippen molar-refractivity contribution in [2.75, 3.05) is 5.32 Å². The highest BCUT2D eigenvalue weighted by Crippen LogP contribution is 2.36. The van der Waals surface area contributed by atoms with E-state index in [1.54, 1.807) is 6.20 Å². The van der Waals surface area contributed by atoms with E-state index in [0.29, 0.717) is 4.88 Å². The Hall–Kier alpha value is -1.86. The lowest BCUT2D eigenvalue weighted by atomic mass is 10.0. The van der Waals surface area contributed by atoms with E-state index in [-0.39, 0.29) is 24.0 Å². The number of carbonyl (C=O) groups is 1. The number of hydrogen-bond donors (Lipinski definition) is 4.